The Labute approximate surface area is 108 Å². The number of nitrogens with zero attached hydrogens (tertiary/aromatic N) is 1. The van der Waals surface area contributed by atoms with Gasteiger partial charge in [0.25, 0.3) is 0 Å². The lowest BCUT2D eigenvalue weighted by atomic mass is 10.2. The van der Waals surface area contributed by atoms with E-state index in [4.69, 9.17) is 9.47 Å². The molecule has 0 saturated heterocycles. The molecule has 0 unspecified atom stereocenters. The fraction of sp³-hybridized carbons (Fsp3) is 0.846. The van der Waals surface area contributed by atoms with Crippen molar-refractivity contribution in [1.82, 2.24) is 4.90 Å². The number of esters is 1. The van der Waals surface area contributed by atoms with E-state index in [-0.39, 0.29) is 24.5 Å². The Morgan fingerprint density at radius 1 is 1.22 bits per heavy atom. The molecule has 1 rings (SSSR count). The highest BCUT2D eigenvalue weighted by atomic mass is 16.5. The molecule has 0 aliphatic heterocycles. The smallest absolute Gasteiger partial charge is 0.325 e. The van der Waals surface area contributed by atoms with Gasteiger partial charge in [-0.3, -0.25) is 9.59 Å². The summed E-state index contributed by atoms with van der Waals surface area (Å²) in [6, 6.07) is 0.244. The van der Waals surface area contributed by atoms with Crippen LogP contribution in [0.15, 0.2) is 0 Å². The maximum absolute atomic E-state index is 12.0. The Hall–Kier alpha value is -1.10. The molecule has 18 heavy (non-hydrogen) atoms. The molecular weight excluding hydrogens is 234 g/mol. The highest BCUT2D eigenvalue weighted by molar-refractivity contribution is 5.82. The van der Waals surface area contributed by atoms with Crippen LogP contribution in [0.1, 0.15) is 39.5 Å². The molecule has 0 N–H and O–H groups in total. The van der Waals surface area contributed by atoms with Crippen molar-refractivity contribution in [2.24, 2.45) is 0 Å². The summed E-state index contributed by atoms with van der Waals surface area (Å²) in [5.41, 5.74) is 0. The van der Waals surface area contributed by atoms with E-state index in [0.29, 0.717) is 32.7 Å². The van der Waals surface area contributed by atoms with E-state index < -0.39 is 0 Å². The number of ether oxygens (including phenoxy) is 2. The molecule has 0 aromatic heterocycles. The monoisotopic (exact) mass is 257 g/mol. The lowest BCUT2D eigenvalue weighted by Gasteiger charge is -2.21. The van der Waals surface area contributed by atoms with Crippen LogP contribution in [0.3, 0.4) is 0 Å². The van der Waals surface area contributed by atoms with Crippen LogP contribution < -0.4 is 0 Å². The number of amides is 1. The summed E-state index contributed by atoms with van der Waals surface area (Å²) in [4.78, 5) is 25.1. The maximum atomic E-state index is 12.0. The van der Waals surface area contributed by atoms with Gasteiger partial charge in [0.1, 0.15) is 6.54 Å². The van der Waals surface area contributed by atoms with E-state index in [1.165, 1.54) is 0 Å². The Morgan fingerprint density at radius 3 is 2.50 bits per heavy atom. The first-order valence-electron chi connectivity index (χ1n) is 6.71. The topological polar surface area (TPSA) is 55.8 Å². The quantitative estimate of drug-likeness (QED) is 0.462. The van der Waals surface area contributed by atoms with Crippen LogP contribution in [0, 0.1) is 0 Å². The zero-order valence-electron chi connectivity index (χ0n) is 11.3. The van der Waals surface area contributed by atoms with Gasteiger partial charge in [-0.1, -0.05) is 0 Å². The summed E-state index contributed by atoms with van der Waals surface area (Å²) in [5.74, 6) is -0.284. The van der Waals surface area contributed by atoms with Crippen LogP contribution in [0.5, 0.6) is 0 Å². The second-order valence-electron chi connectivity index (χ2n) is 4.36. The van der Waals surface area contributed by atoms with Gasteiger partial charge in [0, 0.05) is 25.7 Å². The number of carbonyl (C=O) groups excluding carboxylic acids is 2. The molecule has 104 valence electrons. The molecule has 1 aliphatic rings. The maximum Gasteiger partial charge on any atom is 0.325 e. The Kier molecular flexibility index (Phi) is 6.72. The Balaban J connectivity index is 2.31. The molecular formula is C13H23NO4. The minimum Gasteiger partial charge on any atom is -0.465 e. The molecule has 5 heteroatoms. The van der Waals surface area contributed by atoms with Crippen molar-refractivity contribution < 1.29 is 19.1 Å². The zero-order chi connectivity index (χ0) is 13.4. The Bertz CT molecular complexity index is 276. The van der Waals surface area contributed by atoms with Crippen molar-refractivity contribution in [2.75, 3.05) is 26.4 Å². The van der Waals surface area contributed by atoms with Crippen molar-refractivity contribution in [2.45, 2.75) is 45.6 Å². The highest BCUT2D eigenvalue weighted by Gasteiger charge is 2.33. The van der Waals surface area contributed by atoms with E-state index in [2.05, 4.69) is 0 Å². The SMILES string of the molecule is CCOCCCC(=O)N(CC(=O)OCC)C1CC1. The summed E-state index contributed by atoms with van der Waals surface area (Å²) in [6.07, 6.45) is 3.14. The van der Waals surface area contributed by atoms with Gasteiger partial charge in [0.2, 0.25) is 5.91 Å². The summed E-state index contributed by atoms with van der Waals surface area (Å²) in [6.45, 7) is 5.41. The summed E-state index contributed by atoms with van der Waals surface area (Å²) in [7, 11) is 0. The van der Waals surface area contributed by atoms with Gasteiger partial charge in [-0.25, -0.2) is 0 Å². The second-order valence-corrected chi connectivity index (χ2v) is 4.36. The van der Waals surface area contributed by atoms with E-state index in [1.807, 2.05) is 6.92 Å². The van der Waals surface area contributed by atoms with Crippen LogP contribution in [0.25, 0.3) is 0 Å². The van der Waals surface area contributed by atoms with Crippen LogP contribution in [0.2, 0.25) is 0 Å². The molecule has 0 aromatic rings. The number of hydrogen-bond donors (Lipinski definition) is 0. The van der Waals surface area contributed by atoms with Gasteiger partial charge in [0.05, 0.1) is 6.61 Å². The lowest BCUT2D eigenvalue weighted by Crippen LogP contribution is -2.38. The average Bonchev–Trinajstić information content (AvgIpc) is 3.16. The predicted molar refractivity (Wildman–Crippen MR) is 67.1 cm³/mol. The molecule has 0 heterocycles. The summed E-state index contributed by atoms with van der Waals surface area (Å²) < 4.78 is 10.1. The number of carbonyl (C=O) groups is 2. The third-order valence-corrected chi connectivity index (χ3v) is 2.80. The molecule has 0 bridgehead atoms. The van der Waals surface area contributed by atoms with E-state index in [1.54, 1.807) is 11.8 Å². The highest BCUT2D eigenvalue weighted by Crippen LogP contribution is 2.27. The first kappa shape index (κ1) is 15.0. The second kappa shape index (κ2) is 8.08. The molecule has 5 nitrogen and oxygen atoms in total. The summed E-state index contributed by atoms with van der Waals surface area (Å²) in [5, 5.41) is 0. The fourth-order valence-electron chi connectivity index (χ4n) is 1.77. The molecule has 0 spiro atoms. The Morgan fingerprint density at radius 2 is 1.94 bits per heavy atom. The van der Waals surface area contributed by atoms with Crippen molar-refractivity contribution in [1.29, 1.82) is 0 Å². The van der Waals surface area contributed by atoms with Gasteiger partial charge in [-0.15, -0.1) is 0 Å². The van der Waals surface area contributed by atoms with E-state index >= 15 is 0 Å². The number of rotatable bonds is 9. The lowest BCUT2D eigenvalue weighted by molar-refractivity contribution is -0.149. The molecule has 0 radical (unpaired) electrons. The fourth-order valence-corrected chi connectivity index (χ4v) is 1.77. The molecule has 1 amide bonds. The first-order valence-corrected chi connectivity index (χ1v) is 6.71. The zero-order valence-corrected chi connectivity index (χ0v) is 11.3. The van der Waals surface area contributed by atoms with Gasteiger partial charge in [0.15, 0.2) is 0 Å². The number of hydrogen-bond acceptors (Lipinski definition) is 4. The van der Waals surface area contributed by atoms with Crippen LogP contribution >= 0.6 is 0 Å². The summed E-state index contributed by atoms with van der Waals surface area (Å²) >= 11 is 0. The van der Waals surface area contributed by atoms with E-state index in [9.17, 15) is 9.59 Å². The van der Waals surface area contributed by atoms with Gasteiger partial charge >= 0.3 is 5.97 Å². The molecule has 0 aromatic carbocycles. The van der Waals surface area contributed by atoms with E-state index in [0.717, 1.165) is 12.8 Å². The van der Waals surface area contributed by atoms with Crippen LogP contribution in [-0.2, 0) is 19.1 Å². The van der Waals surface area contributed by atoms with Crippen LogP contribution in [0.4, 0.5) is 0 Å². The van der Waals surface area contributed by atoms with Crippen molar-refractivity contribution in [3.05, 3.63) is 0 Å². The minimum absolute atomic E-state index is 0.0326. The molecule has 1 saturated carbocycles. The minimum atomic E-state index is -0.317. The van der Waals surface area contributed by atoms with Gasteiger partial charge < -0.3 is 14.4 Å². The normalized spacial score (nSPS) is 14.3. The average molecular weight is 257 g/mol. The molecule has 1 fully saturated rings. The van der Waals surface area contributed by atoms with Crippen LogP contribution in [-0.4, -0.2) is 49.2 Å². The third-order valence-electron chi connectivity index (χ3n) is 2.80. The molecule has 0 atom stereocenters. The van der Waals surface area contributed by atoms with Crippen molar-refractivity contribution >= 4 is 11.9 Å². The third kappa shape index (κ3) is 5.49. The standard InChI is InChI=1S/C13H23NO4/c1-3-17-9-5-6-12(15)14(11-7-8-11)10-13(16)18-4-2/h11H,3-10H2,1-2H3. The van der Waals surface area contributed by atoms with Gasteiger partial charge in [-0.2, -0.15) is 0 Å². The molecule has 1 aliphatic carbocycles. The largest absolute Gasteiger partial charge is 0.465 e. The first-order chi connectivity index (χ1) is 8.69. The van der Waals surface area contributed by atoms with Crippen molar-refractivity contribution in [3.8, 4) is 0 Å². The van der Waals surface area contributed by atoms with Gasteiger partial charge in [-0.05, 0) is 33.1 Å². The predicted octanol–water partition coefficient (Wildman–Crippen LogP) is 1.36. The van der Waals surface area contributed by atoms with Crippen molar-refractivity contribution in [3.63, 3.8) is 0 Å².